The van der Waals surface area contributed by atoms with Gasteiger partial charge in [-0.1, -0.05) is 19.1 Å². The van der Waals surface area contributed by atoms with Gasteiger partial charge in [-0.05, 0) is 49.6 Å². The number of aromatic nitrogens is 2. The topological polar surface area (TPSA) is 71.3 Å². The third-order valence-electron chi connectivity index (χ3n) is 5.23. The number of furan rings is 1. The second-order valence-electron chi connectivity index (χ2n) is 7.73. The summed E-state index contributed by atoms with van der Waals surface area (Å²) in [4.78, 5) is 24.2. The van der Waals surface area contributed by atoms with Crippen LogP contribution < -0.4 is 5.32 Å². The molecule has 4 aromatic rings. The van der Waals surface area contributed by atoms with Crippen LogP contribution in [0.4, 0.5) is 5.13 Å². The zero-order chi connectivity index (χ0) is 20.5. The van der Waals surface area contributed by atoms with E-state index in [1.807, 2.05) is 29.6 Å². The lowest BCUT2D eigenvalue weighted by Crippen LogP contribution is -2.33. The number of nitrogens with zero attached hydrogens (tertiary/aromatic N) is 3. The molecule has 1 amide bonds. The van der Waals surface area contributed by atoms with Crippen molar-refractivity contribution >= 4 is 43.9 Å². The molecule has 1 N–H and O–H groups in total. The van der Waals surface area contributed by atoms with Gasteiger partial charge in [-0.25, -0.2) is 9.97 Å². The Kier molecular flexibility index (Phi) is 5.37. The number of rotatable bonds is 5. The number of amides is 1. The summed E-state index contributed by atoms with van der Waals surface area (Å²) in [5.74, 6) is 1.29. The Morgan fingerprint density at radius 1 is 1.27 bits per heavy atom. The molecule has 1 aliphatic rings. The molecule has 1 aromatic carbocycles. The van der Waals surface area contributed by atoms with Crippen LogP contribution in [0.3, 0.4) is 0 Å². The Morgan fingerprint density at radius 2 is 2.17 bits per heavy atom. The van der Waals surface area contributed by atoms with Crippen molar-refractivity contribution in [3.05, 3.63) is 53.2 Å². The van der Waals surface area contributed by atoms with E-state index < -0.39 is 0 Å². The predicted octanol–water partition coefficient (Wildman–Crippen LogP) is 5.50. The molecule has 1 unspecified atom stereocenters. The number of para-hydroxylation sites is 1. The first kappa shape index (κ1) is 19.4. The molecule has 3 aromatic heterocycles. The molecule has 1 atom stereocenters. The lowest BCUT2D eigenvalue weighted by atomic mass is 10.0. The number of anilines is 1. The van der Waals surface area contributed by atoms with Gasteiger partial charge in [0.05, 0.1) is 15.9 Å². The summed E-state index contributed by atoms with van der Waals surface area (Å²) in [5, 5.41) is 6.23. The van der Waals surface area contributed by atoms with E-state index in [9.17, 15) is 4.79 Å². The van der Waals surface area contributed by atoms with Crippen LogP contribution in [0, 0.1) is 5.92 Å². The van der Waals surface area contributed by atoms with Gasteiger partial charge in [0.2, 0.25) is 0 Å². The maximum atomic E-state index is 12.6. The fourth-order valence-corrected chi connectivity index (χ4v) is 5.43. The highest BCUT2D eigenvalue weighted by Gasteiger charge is 2.19. The molecule has 1 saturated heterocycles. The van der Waals surface area contributed by atoms with Crippen LogP contribution in [0.2, 0.25) is 0 Å². The van der Waals surface area contributed by atoms with Crippen LogP contribution in [0.15, 0.2) is 46.2 Å². The van der Waals surface area contributed by atoms with Gasteiger partial charge in [0.25, 0.3) is 5.91 Å². The lowest BCUT2D eigenvalue weighted by molar-refractivity contribution is 0.0997. The molecule has 0 spiro atoms. The normalized spacial score (nSPS) is 17.4. The smallest absolute Gasteiger partial charge is 0.293 e. The number of benzene rings is 1. The Balaban J connectivity index is 1.24. The zero-order valence-electron chi connectivity index (χ0n) is 16.6. The summed E-state index contributed by atoms with van der Waals surface area (Å²) in [6.07, 6.45) is 2.54. The summed E-state index contributed by atoms with van der Waals surface area (Å²) in [6.45, 7) is 5.36. The van der Waals surface area contributed by atoms with Crippen molar-refractivity contribution in [1.82, 2.24) is 14.9 Å². The number of carbonyl (C=O) groups is 1. The molecule has 0 saturated carbocycles. The number of thiazole rings is 2. The van der Waals surface area contributed by atoms with Crippen LogP contribution in [-0.4, -0.2) is 33.9 Å². The van der Waals surface area contributed by atoms with Crippen molar-refractivity contribution in [2.24, 2.45) is 5.92 Å². The summed E-state index contributed by atoms with van der Waals surface area (Å²) in [7, 11) is 0. The summed E-state index contributed by atoms with van der Waals surface area (Å²) < 4.78 is 6.87. The third kappa shape index (κ3) is 4.16. The van der Waals surface area contributed by atoms with E-state index in [4.69, 9.17) is 4.42 Å². The fourth-order valence-electron chi connectivity index (χ4n) is 3.81. The largest absolute Gasteiger partial charge is 0.448 e. The lowest BCUT2D eigenvalue weighted by Gasteiger charge is -2.30. The molecule has 30 heavy (non-hydrogen) atoms. The highest BCUT2D eigenvalue weighted by molar-refractivity contribution is 7.21. The Bertz CT molecular complexity index is 1150. The SMILES string of the molecule is CC1CCCN(Cc2csc(NC(=O)c3ccc(-c4nc5ccccc5s4)o3)n2)C1. The molecule has 1 aliphatic heterocycles. The Hall–Kier alpha value is -2.55. The molecule has 8 heteroatoms. The molecule has 0 bridgehead atoms. The number of hydrogen-bond donors (Lipinski definition) is 1. The predicted molar refractivity (Wildman–Crippen MR) is 121 cm³/mol. The summed E-state index contributed by atoms with van der Waals surface area (Å²) >= 11 is 2.99. The van der Waals surface area contributed by atoms with Crippen LogP contribution >= 0.6 is 22.7 Å². The second-order valence-corrected chi connectivity index (χ2v) is 9.62. The van der Waals surface area contributed by atoms with Crippen LogP contribution in [0.25, 0.3) is 21.0 Å². The van der Waals surface area contributed by atoms with Crippen LogP contribution in [-0.2, 0) is 6.54 Å². The first-order valence-electron chi connectivity index (χ1n) is 10.1. The monoisotopic (exact) mass is 438 g/mol. The maximum absolute atomic E-state index is 12.6. The number of nitrogens with one attached hydrogen (secondary N) is 1. The zero-order valence-corrected chi connectivity index (χ0v) is 18.3. The molecule has 0 aliphatic carbocycles. The second kappa shape index (κ2) is 8.29. The molecule has 5 rings (SSSR count). The maximum Gasteiger partial charge on any atom is 0.293 e. The van der Waals surface area contributed by atoms with Crippen LogP contribution in [0.5, 0.6) is 0 Å². The fraction of sp³-hybridized carbons (Fsp3) is 0.318. The standard InChI is InChI=1S/C22H22N4O2S2/c1-14-5-4-10-26(11-14)12-15-13-29-22(23-15)25-20(27)17-8-9-18(28-17)21-24-16-6-2-3-7-19(16)30-21/h2-3,6-9,13-14H,4-5,10-12H2,1H3,(H,23,25,27). The third-order valence-corrected chi connectivity index (χ3v) is 7.09. The minimum absolute atomic E-state index is 0.255. The van der Waals surface area contributed by atoms with E-state index in [2.05, 4.69) is 27.1 Å². The van der Waals surface area contributed by atoms with E-state index in [0.717, 1.165) is 46.5 Å². The van der Waals surface area contributed by atoms with Gasteiger partial charge in [0.15, 0.2) is 21.7 Å². The summed E-state index contributed by atoms with van der Waals surface area (Å²) in [6, 6.07) is 11.4. The van der Waals surface area contributed by atoms with Crippen molar-refractivity contribution in [2.75, 3.05) is 18.4 Å². The average Bonchev–Trinajstić information content (AvgIpc) is 3.47. The van der Waals surface area contributed by atoms with Crippen molar-refractivity contribution in [1.29, 1.82) is 0 Å². The van der Waals surface area contributed by atoms with Gasteiger partial charge in [0, 0.05) is 18.5 Å². The molecule has 1 fully saturated rings. The van der Waals surface area contributed by atoms with Gasteiger partial charge < -0.3 is 4.42 Å². The van der Waals surface area contributed by atoms with E-state index in [-0.39, 0.29) is 11.7 Å². The first-order valence-corrected chi connectivity index (χ1v) is 11.8. The average molecular weight is 439 g/mol. The molecule has 154 valence electrons. The first-order chi connectivity index (χ1) is 14.6. The van der Waals surface area contributed by atoms with E-state index in [1.165, 1.54) is 24.2 Å². The highest BCUT2D eigenvalue weighted by atomic mass is 32.1. The van der Waals surface area contributed by atoms with Gasteiger partial charge in [-0.2, -0.15) is 0 Å². The van der Waals surface area contributed by atoms with Gasteiger partial charge in [-0.3, -0.25) is 15.0 Å². The van der Waals surface area contributed by atoms with Crippen LogP contribution in [0.1, 0.15) is 36.0 Å². The summed E-state index contributed by atoms with van der Waals surface area (Å²) in [5.41, 5.74) is 1.93. The molecule has 4 heterocycles. The molecular weight excluding hydrogens is 416 g/mol. The number of likely N-dealkylation sites (tertiary alicyclic amines) is 1. The molecule has 0 radical (unpaired) electrons. The number of fused-ring (bicyclic) bond motifs is 1. The number of hydrogen-bond acceptors (Lipinski definition) is 7. The van der Waals surface area contributed by atoms with Gasteiger partial charge in [-0.15, -0.1) is 22.7 Å². The number of piperidine rings is 1. The molecular formula is C22H22N4O2S2. The van der Waals surface area contributed by atoms with E-state index in [1.54, 1.807) is 23.5 Å². The van der Waals surface area contributed by atoms with Gasteiger partial charge >= 0.3 is 0 Å². The molecule has 6 nitrogen and oxygen atoms in total. The Labute approximate surface area is 182 Å². The van der Waals surface area contributed by atoms with Crippen molar-refractivity contribution in [3.63, 3.8) is 0 Å². The quantitative estimate of drug-likeness (QED) is 0.446. The minimum Gasteiger partial charge on any atom is -0.448 e. The Morgan fingerprint density at radius 3 is 3.03 bits per heavy atom. The van der Waals surface area contributed by atoms with Crippen molar-refractivity contribution < 1.29 is 9.21 Å². The van der Waals surface area contributed by atoms with E-state index in [0.29, 0.717) is 10.9 Å². The van der Waals surface area contributed by atoms with E-state index >= 15 is 0 Å². The number of carbonyl (C=O) groups excluding carboxylic acids is 1. The van der Waals surface area contributed by atoms with Crippen molar-refractivity contribution in [3.8, 4) is 10.8 Å². The minimum atomic E-state index is -0.296. The van der Waals surface area contributed by atoms with Gasteiger partial charge in [0.1, 0.15) is 0 Å². The van der Waals surface area contributed by atoms with Crippen molar-refractivity contribution in [2.45, 2.75) is 26.3 Å². The highest BCUT2D eigenvalue weighted by Crippen LogP contribution is 2.31.